The van der Waals surface area contributed by atoms with Crippen molar-refractivity contribution in [2.45, 2.75) is 26.8 Å². The van der Waals surface area contributed by atoms with Gasteiger partial charge in [0.05, 0.1) is 22.6 Å². The molecule has 0 aliphatic carbocycles. The van der Waals surface area contributed by atoms with Gasteiger partial charge in [0.25, 0.3) is 5.56 Å². The van der Waals surface area contributed by atoms with Gasteiger partial charge in [0.1, 0.15) is 5.02 Å². The van der Waals surface area contributed by atoms with Gasteiger partial charge in [-0.05, 0) is 13.8 Å². The topological polar surface area (TPSA) is 59.8 Å². The zero-order valence-corrected chi connectivity index (χ0v) is 12.4. The number of rotatable bonds is 5. The Bertz CT molecular complexity index is 622. The van der Waals surface area contributed by atoms with E-state index in [1.165, 1.54) is 4.68 Å². The second kappa shape index (κ2) is 6.16. The molecule has 0 bridgehead atoms. The molecule has 0 radical (unpaired) electrons. The van der Waals surface area contributed by atoms with Gasteiger partial charge >= 0.3 is 0 Å². The summed E-state index contributed by atoms with van der Waals surface area (Å²) in [5.74, 6) is 0. The lowest BCUT2D eigenvalue weighted by atomic mass is 10.3. The van der Waals surface area contributed by atoms with Crippen LogP contribution in [0.2, 0.25) is 5.02 Å². The van der Waals surface area contributed by atoms with Crippen LogP contribution in [0.25, 0.3) is 0 Å². The van der Waals surface area contributed by atoms with Gasteiger partial charge in [0, 0.05) is 24.9 Å². The Balaban J connectivity index is 2.00. The van der Waals surface area contributed by atoms with Crippen LogP contribution in [0.5, 0.6) is 0 Å². The highest BCUT2D eigenvalue weighted by Crippen LogP contribution is 2.15. The predicted octanol–water partition coefficient (Wildman–Crippen LogP) is 2.34. The maximum Gasteiger partial charge on any atom is 0.287 e. The number of aryl methyl sites for hydroxylation is 2. The van der Waals surface area contributed by atoms with Crippen LogP contribution in [0.3, 0.4) is 0 Å². The normalized spacial score (nSPS) is 10.7. The summed E-state index contributed by atoms with van der Waals surface area (Å²) < 4.78 is 1.33. The molecule has 0 saturated carbocycles. The first kappa shape index (κ1) is 14.0. The van der Waals surface area contributed by atoms with Crippen LogP contribution >= 0.6 is 22.9 Å². The lowest BCUT2D eigenvalue weighted by Crippen LogP contribution is -2.23. The average molecular weight is 299 g/mol. The van der Waals surface area contributed by atoms with Gasteiger partial charge in [-0.2, -0.15) is 5.10 Å². The lowest BCUT2D eigenvalue weighted by molar-refractivity contribution is 0.616. The number of aromatic nitrogens is 3. The SMILES string of the molecule is CCn1ncc(NCCc2csc(C)n2)c(Cl)c1=O. The molecule has 2 rings (SSSR count). The minimum atomic E-state index is -0.265. The Labute approximate surface area is 120 Å². The number of nitrogens with one attached hydrogen (secondary N) is 1. The van der Waals surface area contributed by atoms with Crippen molar-refractivity contribution in [3.05, 3.63) is 37.7 Å². The monoisotopic (exact) mass is 298 g/mol. The first-order chi connectivity index (χ1) is 9.11. The average Bonchev–Trinajstić information content (AvgIpc) is 2.81. The zero-order chi connectivity index (χ0) is 13.8. The molecule has 0 unspecified atom stereocenters. The zero-order valence-electron chi connectivity index (χ0n) is 10.8. The molecule has 2 aromatic heterocycles. The smallest absolute Gasteiger partial charge is 0.287 e. The minimum absolute atomic E-state index is 0.186. The van der Waals surface area contributed by atoms with E-state index < -0.39 is 0 Å². The molecule has 0 aliphatic rings. The Morgan fingerprint density at radius 1 is 1.53 bits per heavy atom. The molecular weight excluding hydrogens is 284 g/mol. The molecule has 0 aromatic carbocycles. The van der Waals surface area contributed by atoms with Crippen molar-refractivity contribution in [3.8, 4) is 0 Å². The number of thiazole rings is 1. The largest absolute Gasteiger partial charge is 0.382 e. The number of nitrogens with zero attached hydrogens (tertiary/aromatic N) is 3. The van der Waals surface area contributed by atoms with Gasteiger partial charge < -0.3 is 5.32 Å². The molecule has 0 amide bonds. The molecule has 2 aromatic rings. The van der Waals surface area contributed by atoms with E-state index in [4.69, 9.17) is 11.6 Å². The van der Waals surface area contributed by atoms with E-state index in [0.717, 1.165) is 17.1 Å². The van der Waals surface area contributed by atoms with E-state index >= 15 is 0 Å². The highest BCUT2D eigenvalue weighted by Gasteiger charge is 2.08. The van der Waals surface area contributed by atoms with E-state index in [0.29, 0.717) is 18.8 Å². The van der Waals surface area contributed by atoms with E-state index in [1.54, 1.807) is 17.5 Å². The van der Waals surface area contributed by atoms with Crippen LogP contribution in [0.1, 0.15) is 17.6 Å². The molecule has 0 atom stereocenters. The summed E-state index contributed by atoms with van der Waals surface area (Å²) in [6.07, 6.45) is 2.37. The van der Waals surface area contributed by atoms with E-state index in [-0.39, 0.29) is 10.6 Å². The number of hydrogen-bond acceptors (Lipinski definition) is 5. The van der Waals surface area contributed by atoms with Crippen LogP contribution in [-0.2, 0) is 13.0 Å². The van der Waals surface area contributed by atoms with E-state index in [1.807, 2.05) is 19.2 Å². The number of anilines is 1. The third-order valence-electron chi connectivity index (χ3n) is 2.65. The second-order valence-electron chi connectivity index (χ2n) is 4.03. The Hall–Kier alpha value is -1.40. The summed E-state index contributed by atoms with van der Waals surface area (Å²) in [5.41, 5.74) is 1.35. The number of hydrogen-bond donors (Lipinski definition) is 1. The molecule has 0 fully saturated rings. The highest BCUT2D eigenvalue weighted by atomic mass is 35.5. The standard InChI is InChI=1S/C12H15ClN4OS/c1-3-17-12(18)11(13)10(6-15-17)14-5-4-9-7-19-8(2)16-9/h6-7,14H,3-5H2,1-2H3. The predicted molar refractivity (Wildman–Crippen MR) is 78.2 cm³/mol. The molecule has 0 spiro atoms. The Morgan fingerprint density at radius 3 is 2.95 bits per heavy atom. The quantitative estimate of drug-likeness (QED) is 0.920. The minimum Gasteiger partial charge on any atom is -0.382 e. The van der Waals surface area contributed by atoms with Crippen molar-refractivity contribution in [2.75, 3.05) is 11.9 Å². The fourth-order valence-corrected chi connectivity index (χ4v) is 2.52. The van der Waals surface area contributed by atoms with Crippen molar-refractivity contribution in [1.82, 2.24) is 14.8 Å². The molecule has 0 saturated heterocycles. The molecule has 102 valence electrons. The van der Waals surface area contributed by atoms with Crippen LogP contribution in [0, 0.1) is 6.92 Å². The van der Waals surface area contributed by atoms with E-state index in [2.05, 4.69) is 15.4 Å². The van der Waals surface area contributed by atoms with Crippen molar-refractivity contribution < 1.29 is 0 Å². The third-order valence-corrected chi connectivity index (χ3v) is 3.84. The summed E-state index contributed by atoms with van der Waals surface area (Å²) in [6.45, 7) is 5.01. The third kappa shape index (κ3) is 3.33. The van der Waals surface area contributed by atoms with Crippen molar-refractivity contribution in [2.24, 2.45) is 0 Å². The molecule has 5 nitrogen and oxygen atoms in total. The lowest BCUT2D eigenvalue weighted by Gasteiger charge is -2.08. The summed E-state index contributed by atoms with van der Waals surface area (Å²) >= 11 is 7.64. The van der Waals surface area contributed by atoms with Crippen molar-refractivity contribution in [3.63, 3.8) is 0 Å². The molecule has 7 heteroatoms. The van der Waals surface area contributed by atoms with Gasteiger partial charge in [0.15, 0.2) is 0 Å². The van der Waals surface area contributed by atoms with Gasteiger partial charge in [-0.1, -0.05) is 11.6 Å². The van der Waals surface area contributed by atoms with Crippen molar-refractivity contribution in [1.29, 1.82) is 0 Å². The van der Waals surface area contributed by atoms with Gasteiger partial charge in [-0.25, -0.2) is 9.67 Å². The summed E-state index contributed by atoms with van der Waals surface area (Å²) in [7, 11) is 0. The summed E-state index contributed by atoms with van der Waals surface area (Å²) in [6, 6.07) is 0. The molecule has 1 N–H and O–H groups in total. The van der Waals surface area contributed by atoms with Crippen LogP contribution < -0.4 is 10.9 Å². The summed E-state index contributed by atoms with van der Waals surface area (Å²) in [5, 5.41) is 10.4. The van der Waals surface area contributed by atoms with Crippen molar-refractivity contribution >= 4 is 28.6 Å². The Morgan fingerprint density at radius 2 is 2.32 bits per heavy atom. The fourth-order valence-electron chi connectivity index (χ4n) is 1.66. The van der Waals surface area contributed by atoms with Gasteiger partial charge in [0.2, 0.25) is 0 Å². The molecule has 0 aliphatic heterocycles. The highest BCUT2D eigenvalue weighted by molar-refractivity contribution is 7.09. The first-order valence-corrected chi connectivity index (χ1v) is 7.28. The van der Waals surface area contributed by atoms with Crippen LogP contribution in [0.4, 0.5) is 5.69 Å². The summed E-state index contributed by atoms with van der Waals surface area (Å²) in [4.78, 5) is 16.1. The maximum atomic E-state index is 11.8. The van der Waals surface area contributed by atoms with Crippen LogP contribution in [0.15, 0.2) is 16.4 Å². The fraction of sp³-hybridized carbons (Fsp3) is 0.417. The molecular formula is C12H15ClN4OS. The molecule has 19 heavy (non-hydrogen) atoms. The maximum absolute atomic E-state index is 11.8. The Kier molecular flexibility index (Phi) is 4.55. The van der Waals surface area contributed by atoms with E-state index in [9.17, 15) is 4.79 Å². The van der Waals surface area contributed by atoms with Gasteiger partial charge in [-0.15, -0.1) is 11.3 Å². The first-order valence-electron chi connectivity index (χ1n) is 6.02. The number of halogens is 1. The second-order valence-corrected chi connectivity index (χ2v) is 5.47. The van der Waals surface area contributed by atoms with Gasteiger partial charge in [-0.3, -0.25) is 4.79 Å². The van der Waals surface area contributed by atoms with Crippen LogP contribution in [-0.4, -0.2) is 21.3 Å². The molecule has 2 heterocycles.